The highest BCUT2D eigenvalue weighted by molar-refractivity contribution is 9.11. The number of aliphatic carboxylic acids is 1. The molecule has 0 bridgehead atoms. The van der Waals surface area contributed by atoms with Gasteiger partial charge in [-0.25, -0.2) is 4.79 Å². The molecule has 6 heteroatoms. The Morgan fingerprint density at radius 2 is 1.94 bits per heavy atom. The van der Waals surface area contributed by atoms with Crippen molar-refractivity contribution >= 4 is 43.7 Å². The van der Waals surface area contributed by atoms with Crippen LogP contribution >= 0.6 is 31.9 Å². The monoisotopic (exact) mass is 375 g/mol. The number of carboxylic acid groups (broad SMARTS) is 1. The Bertz CT molecular complexity index is 512. The Kier molecular flexibility index (Phi) is 3.77. The van der Waals surface area contributed by atoms with Gasteiger partial charge in [-0.3, -0.25) is 4.79 Å². The summed E-state index contributed by atoms with van der Waals surface area (Å²) in [5, 5.41) is 11.8. The van der Waals surface area contributed by atoms with Gasteiger partial charge in [-0.1, -0.05) is 15.9 Å². The first-order chi connectivity index (χ1) is 8.44. The Balaban J connectivity index is 2.22. The molecule has 0 aliphatic heterocycles. The molecule has 1 saturated carbocycles. The van der Waals surface area contributed by atoms with Crippen molar-refractivity contribution in [2.45, 2.75) is 24.8 Å². The molecule has 96 valence electrons. The van der Waals surface area contributed by atoms with E-state index in [0.29, 0.717) is 22.9 Å². The molecule has 0 radical (unpaired) electrons. The minimum atomic E-state index is -1.08. The van der Waals surface area contributed by atoms with Crippen LogP contribution in [0.5, 0.6) is 0 Å². The molecule has 0 heterocycles. The third-order valence-electron chi connectivity index (χ3n) is 3.14. The highest BCUT2D eigenvalue weighted by Crippen LogP contribution is 2.33. The molecule has 0 atom stereocenters. The van der Waals surface area contributed by atoms with Gasteiger partial charge in [0, 0.05) is 8.95 Å². The number of halogens is 2. The van der Waals surface area contributed by atoms with Gasteiger partial charge < -0.3 is 10.4 Å². The van der Waals surface area contributed by atoms with Crippen molar-refractivity contribution in [3.05, 3.63) is 32.7 Å². The van der Waals surface area contributed by atoms with E-state index in [2.05, 4.69) is 37.2 Å². The number of amides is 1. The third kappa shape index (κ3) is 2.44. The number of benzene rings is 1. The molecule has 2 rings (SSSR count). The molecule has 2 N–H and O–H groups in total. The van der Waals surface area contributed by atoms with Crippen molar-refractivity contribution in [2.75, 3.05) is 0 Å². The molecule has 1 aromatic rings. The molecular weight excluding hydrogens is 366 g/mol. The summed E-state index contributed by atoms with van der Waals surface area (Å²) < 4.78 is 1.41. The van der Waals surface area contributed by atoms with Gasteiger partial charge in [-0.05, 0) is 53.4 Å². The zero-order valence-corrected chi connectivity index (χ0v) is 12.5. The first-order valence-electron chi connectivity index (χ1n) is 5.45. The van der Waals surface area contributed by atoms with E-state index in [1.54, 1.807) is 18.2 Å². The molecular formula is C12H11Br2NO3. The van der Waals surface area contributed by atoms with Gasteiger partial charge in [0.1, 0.15) is 5.54 Å². The van der Waals surface area contributed by atoms with E-state index < -0.39 is 11.5 Å². The minimum Gasteiger partial charge on any atom is -0.480 e. The molecule has 1 aliphatic carbocycles. The summed E-state index contributed by atoms with van der Waals surface area (Å²) in [7, 11) is 0. The highest BCUT2D eigenvalue weighted by Gasteiger charge is 2.45. The molecule has 0 saturated heterocycles. The van der Waals surface area contributed by atoms with Crippen molar-refractivity contribution in [2.24, 2.45) is 0 Å². The SMILES string of the molecule is O=C(NC1(C(=O)O)CCC1)c1cc(Br)ccc1Br. The third-order valence-corrected chi connectivity index (χ3v) is 4.33. The average molecular weight is 377 g/mol. The normalized spacial score (nSPS) is 16.8. The van der Waals surface area contributed by atoms with Crippen molar-refractivity contribution in [1.29, 1.82) is 0 Å². The lowest BCUT2D eigenvalue weighted by Crippen LogP contribution is -2.59. The summed E-state index contributed by atoms with van der Waals surface area (Å²) in [5.74, 6) is -1.33. The van der Waals surface area contributed by atoms with E-state index in [-0.39, 0.29) is 5.91 Å². The van der Waals surface area contributed by atoms with Gasteiger partial charge in [0.2, 0.25) is 0 Å². The van der Waals surface area contributed by atoms with Crippen LogP contribution in [-0.4, -0.2) is 22.5 Å². The van der Waals surface area contributed by atoms with E-state index >= 15 is 0 Å². The van der Waals surface area contributed by atoms with Gasteiger partial charge >= 0.3 is 5.97 Å². The minimum absolute atomic E-state index is 0.370. The zero-order chi connectivity index (χ0) is 13.3. The molecule has 1 aromatic carbocycles. The van der Waals surface area contributed by atoms with Crippen LogP contribution in [0.4, 0.5) is 0 Å². The standard InChI is InChI=1S/C12H11Br2NO3/c13-7-2-3-9(14)8(6-7)10(16)15-12(11(17)18)4-1-5-12/h2-3,6H,1,4-5H2,(H,15,16)(H,17,18). The fourth-order valence-electron chi connectivity index (χ4n) is 1.88. The topological polar surface area (TPSA) is 66.4 Å². The van der Waals surface area contributed by atoms with Crippen LogP contribution in [0.2, 0.25) is 0 Å². The van der Waals surface area contributed by atoms with Gasteiger partial charge in [-0.15, -0.1) is 0 Å². The van der Waals surface area contributed by atoms with Crippen LogP contribution in [0.15, 0.2) is 27.1 Å². The van der Waals surface area contributed by atoms with Crippen LogP contribution in [0, 0.1) is 0 Å². The number of hydrogen-bond acceptors (Lipinski definition) is 2. The smallest absolute Gasteiger partial charge is 0.329 e. The predicted molar refractivity (Wildman–Crippen MR) is 73.5 cm³/mol. The second-order valence-corrected chi connectivity index (χ2v) is 6.09. The van der Waals surface area contributed by atoms with Crippen molar-refractivity contribution < 1.29 is 14.7 Å². The maximum Gasteiger partial charge on any atom is 0.329 e. The van der Waals surface area contributed by atoms with Crippen molar-refractivity contribution in [3.63, 3.8) is 0 Å². The number of hydrogen-bond donors (Lipinski definition) is 2. The van der Waals surface area contributed by atoms with Gasteiger partial charge in [0.15, 0.2) is 0 Å². The predicted octanol–water partition coefficient (Wildman–Crippen LogP) is 2.95. The number of nitrogens with one attached hydrogen (secondary N) is 1. The lowest BCUT2D eigenvalue weighted by Gasteiger charge is -2.38. The molecule has 18 heavy (non-hydrogen) atoms. The summed E-state index contributed by atoms with van der Waals surface area (Å²) >= 11 is 6.57. The largest absolute Gasteiger partial charge is 0.480 e. The molecule has 1 amide bonds. The maximum atomic E-state index is 12.1. The summed E-state index contributed by atoms with van der Waals surface area (Å²) in [6.07, 6.45) is 1.80. The summed E-state index contributed by atoms with van der Waals surface area (Å²) in [6, 6.07) is 5.21. The molecule has 1 aliphatic rings. The van der Waals surface area contributed by atoms with Crippen molar-refractivity contribution in [1.82, 2.24) is 5.32 Å². The van der Waals surface area contributed by atoms with Gasteiger partial charge in [0.05, 0.1) is 5.56 Å². The second-order valence-electron chi connectivity index (χ2n) is 4.32. The fraction of sp³-hybridized carbons (Fsp3) is 0.333. The van der Waals surface area contributed by atoms with Crippen molar-refractivity contribution in [3.8, 4) is 0 Å². The van der Waals surface area contributed by atoms with Crippen LogP contribution in [0.25, 0.3) is 0 Å². The second kappa shape index (κ2) is 5.01. The molecule has 1 fully saturated rings. The fourth-order valence-corrected chi connectivity index (χ4v) is 2.67. The van der Waals surface area contributed by atoms with E-state index in [9.17, 15) is 9.59 Å². The Morgan fingerprint density at radius 1 is 1.28 bits per heavy atom. The van der Waals surface area contributed by atoms with Crippen LogP contribution in [0.3, 0.4) is 0 Å². The number of carbonyl (C=O) groups excluding carboxylic acids is 1. The number of carboxylic acids is 1. The highest BCUT2D eigenvalue weighted by atomic mass is 79.9. The molecule has 4 nitrogen and oxygen atoms in total. The van der Waals surface area contributed by atoms with E-state index in [1.165, 1.54) is 0 Å². The van der Waals surface area contributed by atoms with Crippen LogP contribution < -0.4 is 5.32 Å². The summed E-state index contributed by atoms with van der Waals surface area (Å²) in [6.45, 7) is 0. The number of rotatable bonds is 3. The maximum absolute atomic E-state index is 12.1. The molecule has 0 unspecified atom stereocenters. The molecule has 0 aromatic heterocycles. The summed E-state index contributed by atoms with van der Waals surface area (Å²) in [4.78, 5) is 23.3. The quantitative estimate of drug-likeness (QED) is 0.852. The zero-order valence-electron chi connectivity index (χ0n) is 9.37. The number of carbonyl (C=O) groups is 2. The Hall–Kier alpha value is -0.880. The van der Waals surface area contributed by atoms with E-state index in [1.807, 2.05) is 0 Å². The Morgan fingerprint density at radius 3 is 2.44 bits per heavy atom. The van der Waals surface area contributed by atoms with Crippen LogP contribution in [-0.2, 0) is 4.79 Å². The van der Waals surface area contributed by atoms with Gasteiger partial charge in [0.25, 0.3) is 5.91 Å². The first-order valence-corrected chi connectivity index (χ1v) is 7.04. The Labute approximate surface area is 121 Å². The lowest BCUT2D eigenvalue weighted by atomic mass is 9.76. The van der Waals surface area contributed by atoms with Crippen LogP contribution in [0.1, 0.15) is 29.6 Å². The molecule has 0 spiro atoms. The van der Waals surface area contributed by atoms with Gasteiger partial charge in [-0.2, -0.15) is 0 Å². The van der Waals surface area contributed by atoms with E-state index in [4.69, 9.17) is 5.11 Å². The average Bonchev–Trinajstić information content (AvgIpc) is 2.26. The lowest BCUT2D eigenvalue weighted by molar-refractivity contribution is -0.148. The summed E-state index contributed by atoms with van der Waals surface area (Å²) in [5.41, 5.74) is -0.657. The first kappa shape index (κ1) is 13.5. The van der Waals surface area contributed by atoms with E-state index in [0.717, 1.165) is 10.9 Å².